The normalized spacial score (nSPS) is 12.6. The summed E-state index contributed by atoms with van der Waals surface area (Å²) in [4.78, 5) is 8.59. The smallest absolute Gasteiger partial charge is 0.152 e. The van der Waals surface area contributed by atoms with Gasteiger partial charge in [0.1, 0.15) is 0 Å². The monoisotopic (exact) mass is 303 g/mol. The molecule has 0 radical (unpaired) electrons. The zero-order valence-electron chi connectivity index (χ0n) is 11.2. The standard InChI is InChI=1S/C15H14ClN3S/c1-9-3-5-17-15(16)14(9)19-10(2)11-7-13-12(18-8-11)4-6-20-13/h3-8,10,19H,1-2H3. The lowest BCUT2D eigenvalue weighted by molar-refractivity contribution is 0.876. The minimum Gasteiger partial charge on any atom is -0.376 e. The third-order valence-corrected chi connectivity index (χ3v) is 4.44. The molecule has 0 saturated heterocycles. The summed E-state index contributed by atoms with van der Waals surface area (Å²) >= 11 is 7.85. The molecule has 3 rings (SSSR count). The van der Waals surface area contributed by atoms with Gasteiger partial charge in [0.2, 0.25) is 0 Å². The first-order chi connectivity index (χ1) is 9.65. The molecule has 3 aromatic rings. The maximum Gasteiger partial charge on any atom is 0.152 e. The fraction of sp³-hybridized carbons (Fsp3) is 0.200. The number of thiophene rings is 1. The summed E-state index contributed by atoms with van der Waals surface area (Å²) in [6.07, 6.45) is 3.62. The van der Waals surface area contributed by atoms with Crippen LogP contribution in [0.15, 0.2) is 36.0 Å². The number of hydrogen-bond acceptors (Lipinski definition) is 4. The van der Waals surface area contributed by atoms with Crippen LogP contribution in [-0.4, -0.2) is 9.97 Å². The Morgan fingerprint density at radius 2 is 2.15 bits per heavy atom. The highest BCUT2D eigenvalue weighted by Gasteiger charge is 2.11. The average molecular weight is 304 g/mol. The summed E-state index contributed by atoms with van der Waals surface area (Å²) in [5, 5.41) is 5.98. The van der Waals surface area contributed by atoms with Gasteiger partial charge in [-0.1, -0.05) is 11.6 Å². The molecule has 0 aromatic carbocycles. The van der Waals surface area contributed by atoms with E-state index in [0.29, 0.717) is 5.15 Å². The van der Waals surface area contributed by atoms with Crippen LogP contribution in [0.2, 0.25) is 5.15 Å². The molecule has 0 saturated carbocycles. The summed E-state index contributed by atoms with van der Waals surface area (Å²) in [6, 6.07) is 6.27. The van der Waals surface area contributed by atoms with Gasteiger partial charge in [0.05, 0.1) is 21.9 Å². The number of aromatic nitrogens is 2. The van der Waals surface area contributed by atoms with Crippen molar-refractivity contribution in [2.24, 2.45) is 0 Å². The Bertz CT molecular complexity index is 733. The van der Waals surface area contributed by atoms with Crippen LogP contribution in [-0.2, 0) is 0 Å². The molecule has 20 heavy (non-hydrogen) atoms. The second-order valence-electron chi connectivity index (χ2n) is 4.73. The fourth-order valence-electron chi connectivity index (χ4n) is 2.10. The van der Waals surface area contributed by atoms with Crippen LogP contribution in [0.5, 0.6) is 0 Å². The number of hydrogen-bond donors (Lipinski definition) is 1. The molecular formula is C15H14ClN3S. The predicted molar refractivity (Wildman–Crippen MR) is 85.6 cm³/mol. The molecule has 5 heteroatoms. The van der Waals surface area contributed by atoms with Crippen molar-refractivity contribution in [3.05, 3.63) is 52.3 Å². The number of nitrogens with zero attached hydrogens (tertiary/aromatic N) is 2. The van der Waals surface area contributed by atoms with Crippen molar-refractivity contribution < 1.29 is 0 Å². The number of rotatable bonds is 3. The lowest BCUT2D eigenvalue weighted by atomic mass is 10.1. The highest BCUT2D eigenvalue weighted by molar-refractivity contribution is 7.17. The van der Waals surface area contributed by atoms with E-state index in [4.69, 9.17) is 11.6 Å². The molecule has 102 valence electrons. The van der Waals surface area contributed by atoms with Gasteiger partial charge in [0, 0.05) is 12.4 Å². The molecule has 3 heterocycles. The maximum atomic E-state index is 6.15. The van der Waals surface area contributed by atoms with Crippen LogP contribution in [0.1, 0.15) is 24.1 Å². The topological polar surface area (TPSA) is 37.8 Å². The van der Waals surface area contributed by atoms with Gasteiger partial charge in [-0.3, -0.25) is 4.98 Å². The van der Waals surface area contributed by atoms with E-state index in [1.807, 2.05) is 25.3 Å². The molecule has 0 bridgehead atoms. The van der Waals surface area contributed by atoms with E-state index in [2.05, 4.69) is 33.7 Å². The van der Waals surface area contributed by atoms with Gasteiger partial charge in [-0.25, -0.2) is 4.98 Å². The Morgan fingerprint density at radius 1 is 1.30 bits per heavy atom. The summed E-state index contributed by atoms with van der Waals surface area (Å²) in [5.74, 6) is 0. The first-order valence-corrected chi connectivity index (χ1v) is 7.61. The summed E-state index contributed by atoms with van der Waals surface area (Å²) in [6.45, 7) is 4.11. The van der Waals surface area contributed by atoms with Crippen LogP contribution >= 0.6 is 22.9 Å². The van der Waals surface area contributed by atoms with Gasteiger partial charge < -0.3 is 5.32 Å². The molecule has 0 aliphatic heterocycles. The van der Waals surface area contributed by atoms with Crippen LogP contribution < -0.4 is 5.32 Å². The number of pyridine rings is 2. The molecule has 0 amide bonds. The molecule has 0 aliphatic carbocycles. The Labute approximate surface area is 126 Å². The molecule has 0 fully saturated rings. The minimum atomic E-state index is 0.120. The number of aryl methyl sites for hydroxylation is 1. The zero-order chi connectivity index (χ0) is 14.1. The van der Waals surface area contributed by atoms with Gasteiger partial charge in [-0.05, 0) is 48.6 Å². The molecule has 1 atom stereocenters. The summed E-state index contributed by atoms with van der Waals surface area (Å²) in [5.41, 5.74) is 4.15. The predicted octanol–water partition coefficient (Wildman–Crippen LogP) is 4.83. The minimum absolute atomic E-state index is 0.120. The van der Waals surface area contributed by atoms with E-state index in [1.54, 1.807) is 17.5 Å². The maximum absolute atomic E-state index is 6.15. The van der Waals surface area contributed by atoms with E-state index in [0.717, 1.165) is 22.3 Å². The van der Waals surface area contributed by atoms with Crippen LogP contribution in [0.25, 0.3) is 10.2 Å². The lowest BCUT2D eigenvalue weighted by Crippen LogP contribution is -2.09. The quantitative estimate of drug-likeness (QED) is 0.704. The molecule has 3 nitrogen and oxygen atoms in total. The van der Waals surface area contributed by atoms with E-state index >= 15 is 0 Å². The SMILES string of the molecule is Cc1ccnc(Cl)c1NC(C)c1cnc2ccsc2c1. The van der Waals surface area contributed by atoms with Crippen LogP contribution in [0, 0.1) is 6.92 Å². The van der Waals surface area contributed by atoms with Crippen molar-refractivity contribution in [2.45, 2.75) is 19.9 Å². The third kappa shape index (κ3) is 2.49. The fourth-order valence-corrected chi connectivity index (χ4v) is 3.15. The van der Waals surface area contributed by atoms with E-state index in [1.165, 1.54) is 4.70 Å². The van der Waals surface area contributed by atoms with Crippen molar-refractivity contribution in [3.63, 3.8) is 0 Å². The zero-order valence-corrected chi connectivity index (χ0v) is 12.8. The van der Waals surface area contributed by atoms with Crippen molar-refractivity contribution in [3.8, 4) is 0 Å². The van der Waals surface area contributed by atoms with Crippen molar-refractivity contribution in [1.82, 2.24) is 9.97 Å². The van der Waals surface area contributed by atoms with E-state index < -0.39 is 0 Å². The van der Waals surface area contributed by atoms with Gasteiger partial charge in [0.15, 0.2) is 5.15 Å². The highest BCUT2D eigenvalue weighted by atomic mass is 35.5. The summed E-state index contributed by atoms with van der Waals surface area (Å²) in [7, 11) is 0. The lowest BCUT2D eigenvalue weighted by Gasteiger charge is -2.17. The van der Waals surface area contributed by atoms with Gasteiger partial charge in [-0.15, -0.1) is 11.3 Å². The molecule has 0 aliphatic rings. The molecule has 1 unspecified atom stereocenters. The summed E-state index contributed by atoms with van der Waals surface area (Å²) < 4.78 is 1.20. The van der Waals surface area contributed by atoms with Crippen LogP contribution in [0.4, 0.5) is 5.69 Å². The van der Waals surface area contributed by atoms with Gasteiger partial charge in [0.25, 0.3) is 0 Å². The van der Waals surface area contributed by atoms with E-state index in [-0.39, 0.29) is 6.04 Å². The van der Waals surface area contributed by atoms with Crippen molar-refractivity contribution >= 4 is 38.8 Å². The number of anilines is 1. The third-order valence-electron chi connectivity index (χ3n) is 3.30. The number of nitrogens with one attached hydrogen (secondary N) is 1. The Balaban J connectivity index is 1.90. The van der Waals surface area contributed by atoms with E-state index in [9.17, 15) is 0 Å². The number of fused-ring (bicyclic) bond motifs is 1. The Hall–Kier alpha value is -1.65. The number of halogens is 1. The largest absolute Gasteiger partial charge is 0.376 e. The second kappa shape index (κ2) is 5.38. The first kappa shape index (κ1) is 13.3. The molecule has 1 N–H and O–H groups in total. The Morgan fingerprint density at radius 3 is 2.95 bits per heavy atom. The Kier molecular flexibility index (Phi) is 3.59. The van der Waals surface area contributed by atoms with Gasteiger partial charge >= 0.3 is 0 Å². The van der Waals surface area contributed by atoms with Gasteiger partial charge in [-0.2, -0.15) is 0 Å². The molecule has 3 aromatic heterocycles. The average Bonchev–Trinajstić information content (AvgIpc) is 2.90. The van der Waals surface area contributed by atoms with Crippen LogP contribution in [0.3, 0.4) is 0 Å². The molecule has 0 spiro atoms. The van der Waals surface area contributed by atoms with Crippen molar-refractivity contribution in [2.75, 3.05) is 5.32 Å². The molecular weight excluding hydrogens is 290 g/mol. The highest BCUT2D eigenvalue weighted by Crippen LogP contribution is 2.29. The van der Waals surface area contributed by atoms with Crippen molar-refractivity contribution in [1.29, 1.82) is 0 Å². The second-order valence-corrected chi connectivity index (χ2v) is 6.04. The first-order valence-electron chi connectivity index (χ1n) is 6.36.